The number of nitrogens with zero attached hydrogens (tertiary/aromatic N) is 2. The average Bonchev–Trinajstić information content (AvgIpc) is 2.66. The highest BCUT2D eigenvalue weighted by molar-refractivity contribution is 5.38. The van der Waals surface area contributed by atoms with Crippen LogP contribution in [0.15, 0.2) is 30.3 Å². The zero-order chi connectivity index (χ0) is 13.4. The van der Waals surface area contributed by atoms with Crippen molar-refractivity contribution in [2.45, 2.75) is 38.1 Å². The maximum absolute atomic E-state index is 6.49. The molecule has 0 spiro atoms. The number of benzene rings is 1. The van der Waals surface area contributed by atoms with Crippen molar-refractivity contribution >= 4 is 0 Å². The lowest BCUT2D eigenvalue weighted by molar-refractivity contribution is 0.416. The first kappa shape index (κ1) is 12.4. The molecule has 3 nitrogen and oxygen atoms in total. The monoisotopic (exact) mass is 255 g/mol. The van der Waals surface area contributed by atoms with Crippen LogP contribution in [-0.4, -0.2) is 9.78 Å². The first-order valence-corrected chi connectivity index (χ1v) is 7.01. The molecule has 0 saturated heterocycles. The van der Waals surface area contributed by atoms with Crippen molar-refractivity contribution < 1.29 is 0 Å². The Kier molecular flexibility index (Phi) is 3.15. The summed E-state index contributed by atoms with van der Waals surface area (Å²) in [5, 5.41) is 4.40. The molecule has 2 N–H and O–H groups in total. The van der Waals surface area contributed by atoms with Crippen LogP contribution in [-0.2, 0) is 7.05 Å². The highest BCUT2D eigenvalue weighted by Gasteiger charge is 2.25. The van der Waals surface area contributed by atoms with E-state index in [2.05, 4.69) is 35.4 Å². The summed E-state index contributed by atoms with van der Waals surface area (Å²) in [6.45, 7) is 2.01. The van der Waals surface area contributed by atoms with Crippen LogP contribution in [0.4, 0.5) is 0 Å². The van der Waals surface area contributed by atoms with Gasteiger partial charge in [-0.25, -0.2) is 0 Å². The van der Waals surface area contributed by atoms with Gasteiger partial charge in [-0.2, -0.15) is 5.10 Å². The van der Waals surface area contributed by atoms with Gasteiger partial charge in [0, 0.05) is 7.05 Å². The Bertz CT molecular complexity index is 581. The van der Waals surface area contributed by atoms with Crippen LogP contribution in [0.5, 0.6) is 0 Å². The van der Waals surface area contributed by atoms with E-state index < -0.39 is 0 Å². The minimum Gasteiger partial charge on any atom is -0.319 e. The summed E-state index contributed by atoms with van der Waals surface area (Å²) < 4.78 is 1.90. The number of nitrogens with two attached hydrogens (primary N) is 1. The fraction of sp³-hybridized carbons (Fsp3) is 0.438. The zero-order valence-corrected chi connectivity index (χ0v) is 11.6. The summed E-state index contributed by atoms with van der Waals surface area (Å²) in [6, 6.07) is 10.6. The molecule has 1 unspecified atom stereocenters. The Morgan fingerprint density at radius 1 is 1.32 bits per heavy atom. The lowest BCUT2D eigenvalue weighted by atomic mass is 9.77. The van der Waals surface area contributed by atoms with Crippen LogP contribution in [0.2, 0.25) is 0 Å². The van der Waals surface area contributed by atoms with Crippen molar-refractivity contribution in [3.05, 3.63) is 52.8 Å². The topological polar surface area (TPSA) is 43.8 Å². The molecule has 1 aliphatic rings. The van der Waals surface area contributed by atoms with Crippen LogP contribution in [0.3, 0.4) is 0 Å². The van der Waals surface area contributed by atoms with Crippen molar-refractivity contribution in [1.29, 1.82) is 0 Å². The van der Waals surface area contributed by atoms with Gasteiger partial charge in [0.25, 0.3) is 0 Å². The molecule has 0 bridgehead atoms. The maximum Gasteiger partial charge on any atom is 0.0726 e. The molecule has 1 saturated carbocycles. The molecular formula is C16H21N3. The van der Waals surface area contributed by atoms with E-state index in [1.54, 1.807) is 0 Å². The Balaban J connectivity index is 1.99. The van der Waals surface area contributed by atoms with E-state index in [-0.39, 0.29) is 6.04 Å². The van der Waals surface area contributed by atoms with Gasteiger partial charge in [-0.1, -0.05) is 30.7 Å². The molecule has 2 aromatic rings. The SMILES string of the molecule is Cc1cc(C(N)c2ccccc2C2CCC2)n(C)n1. The first-order valence-electron chi connectivity index (χ1n) is 7.01. The largest absolute Gasteiger partial charge is 0.319 e. The summed E-state index contributed by atoms with van der Waals surface area (Å²) in [5.74, 6) is 0.705. The van der Waals surface area contributed by atoms with Gasteiger partial charge in [0.15, 0.2) is 0 Å². The molecular weight excluding hydrogens is 234 g/mol. The van der Waals surface area contributed by atoms with E-state index in [1.807, 2.05) is 18.7 Å². The van der Waals surface area contributed by atoms with Gasteiger partial charge in [0.1, 0.15) is 0 Å². The quantitative estimate of drug-likeness (QED) is 0.916. The molecule has 0 aliphatic heterocycles. The van der Waals surface area contributed by atoms with Gasteiger partial charge in [-0.3, -0.25) is 4.68 Å². The van der Waals surface area contributed by atoms with Crippen molar-refractivity contribution in [1.82, 2.24) is 9.78 Å². The fourth-order valence-corrected chi connectivity index (χ4v) is 2.97. The lowest BCUT2D eigenvalue weighted by Crippen LogP contribution is -2.20. The minimum atomic E-state index is -0.0806. The highest BCUT2D eigenvalue weighted by atomic mass is 15.3. The summed E-state index contributed by atoms with van der Waals surface area (Å²) in [5.41, 5.74) is 11.3. The molecule has 1 atom stereocenters. The molecule has 1 fully saturated rings. The van der Waals surface area contributed by atoms with E-state index in [4.69, 9.17) is 5.73 Å². The van der Waals surface area contributed by atoms with Crippen LogP contribution >= 0.6 is 0 Å². The molecule has 1 heterocycles. The molecule has 3 heteroatoms. The molecule has 1 aromatic carbocycles. The third-order valence-electron chi connectivity index (χ3n) is 4.23. The Morgan fingerprint density at radius 2 is 2.05 bits per heavy atom. The van der Waals surface area contributed by atoms with E-state index >= 15 is 0 Å². The zero-order valence-electron chi connectivity index (χ0n) is 11.6. The molecule has 1 aromatic heterocycles. The van der Waals surface area contributed by atoms with E-state index in [1.165, 1.54) is 30.4 Å². The normalized spacial score (nSPS) is 17.2. The van der Waals surface area contributed by atoms with Crippen molar-refractivity contribution in [3.63, 3.8) is 0 Å². The number of rotatable bonds is 3. The molecule has 3 rings (SSSR count). The summed E-state index contributed by atoms with van der Waals surface area (Å²) in [6.07, 6.45) is 3.95. The molecule has 19 heavy (non-hydrogen) atoms. The van der Waals surface area contributed by atoms with Crippen LogP contribution in [0.25, 0.3) is 0 Å². The minimum absolute atomic E-state index is 0.0806. The summed E-state index contributed by atoms with van der Waals surface area (Å²) in [7, 11) is 1.97. The van der Waals surface area contributed by atoms with Crippen LogP contribution < -0.4 is 5.73 Å². The Morgan fingerprint density at radius 3 is 2.63 bits per heavy atom. The van der Waals surface area contributed by atoms with Crippen molar-refractivity contribution in [2.75, 3.05) is 0 Å². The highest BCUT2D eigenvalue weighted by Crippen LogP contribution is 2.40. The molecule has 0 radical (unpaired) electrons. The summed E-state index contributed by atoms with van der Waals surface area (Å²) in [4.78, 5) is 0. The molecule has 1 aliphatic carbocycles. The van der Waals surface area contributed by atoms with Gasteiger partial charge in [-0.15, -0.1) is 0 Å². The Labute approximate surface area is 114 Å². The van der Waals surface area contributed by atoms with Gasteiger partial charge < -0.3 is 5.73 Å². The third kappa shape index (κ3) is 2.19. The summed E-state index contributed by atoms with van der Waals surface area (Å²) >= 11 is 0. The first-order chi connectivity index (χ1) is 9.16. The van der Waals surface area contributed by atoms with Gasteiger partial charge in [-0.05, 0) is 42.9 Å². The fourth-order valence-electron chi connectivity index (χ4n) is 2.97. The number of aromatic nitrogens is 2. The van der Waals surface area contributed by atoms with Gasteiger partial charge >= 0.3 is 0 Å². The molecule has 0 amide bonds. The van der Waals surface area contributed by atoms with Gasteiger partial charge in [0.05, 0.1) is 17.4 Å². The van der Waals surface area contributed by atoms with Crippen molar-refractivity contribution in [3.8, 4) is 0 Å². The maximum atomic E-state index is 6.49. The second-order valence-corrected chi connectivity index (χ2v) is 5.57. The standard InChI is InChI=1S/C16H21N3/c1-11-10-15(19(2)18-11)16(17)14-9-4-3-8-13(14)12-6-5-7-12/h3-4,8-10,12,16H,5-7,17H2,1-2H3. The van der Waals surface area contributed by atoms with Gasteiger partial charge in [0.2, 0.25) is 0 Å². The second-order valence-electron chi connectivity index (χ2n) is 5.57. The van der Waals surface area contributed by atoms with E-state index in [9.17, 15) is 0 Å². The second kappa shape index (κ2) is 4.82. The van der Waals surface area contributed by atoms with E-state index in [0.717, 1.165) is 11.4 Å². The number of hydrogen-bond donors (Lipinski definition) is 1. The predicted molar refractivity (Wildman–Crippen MR) is 77.0 cm³/mol. The Hall–Kier alpha value is -1.61. The van der Waals surface area contributed by atoms with E-state index in [0.29, 0.717) is 5.92 Å². The average molecular weight is 255 g/mol. The lowest BCUT2D eigenvalue weighted by Gasteiger charge is -2.29. The smallest absolute Gasteiger partial charge is 0.0726 e. The van der Waals surface area contributed by atoms with Crippen LogP contribution in [0, 0.1) is 6.92 Å². The number of aryl methyl sites for hydroxylation is 2. The molecule has 100 valence electrons. The van der Waals surface area contributed by atoms with Crippen molar-refractivity contribution in [2.24, 2.45) is 12.8 Å². The number of hydrogen-bond acceptors (Lipinski definition) is 2. The van der Waals surface area contributed by atoms with Crippen LogP contribution in [0.1, 0.15) is 53.7 Å². The third-order valence-corrected chi connectivity index (χ3v) is 4.23. The predicted octanol–water partition coefficient (Wildman–Crippen LogP) is 3.04.